The molecule has 0 unspecified atom stereocenters. The molecule has 0 fully saturated rings. The summed E-state index contributed by atoms with van der Waals surface area (Å²) in [5.74, 6) is 1.14. The van der Waals surface area contributed by atoms with Gasteiger partial charge in [-0.3, -0.25) is 4.79 Å². The van der Waals surface area contributed by atoms with Crippen molar-refractivity contribution in [1.82, 2.24) is 14.9 Å². The summed E-state index contributed by atoms with van der Waals surface area (Å²) in [6.45, 7) is 5.15. The zero-order chi connectivity index (χ0) is 28.3. The van der Waals surface area contributed by atoms with E-state index < -0.39 is 0 Å². The Bertz CT molecular complexity index is 1630. The predicted molar refractivity (Wildman–Crippen MR) is 169 cm³/mol. The van der Waals surface area contributed by atoms with Crippen LogP contribution in [0.2, 0.25) is 0 Å². The number of anilines is 1. The smallest absolute Gasteiger partial charge is 0.275 e. The van der Waals surface area contributed by atoms with E-state index in [1.807, 2.05) is 0 Å². The fourth-order valence-electron chi connectivity index (χ4n) is 5.71. The van der Waals surface area contributed by atoms with Gasteiger partial charge in [-0.1, -0.05) is 55.5 Å². The quantitative estimate of drug-likeness (QED) is 0.120. The monoisotopic (exact) mass is 536 g/mol. The second kappa shape index (κ2) is 11.7. The molecular weight excluding hydrogens is 494 g/mol. The van der Waals surface area contributed by atoms with Crippen LogP contribution in [-0.4, -0.2) is 67.8 Å². The van der Waals surface area contributed by atoms with Gasteiger partial charge in [-0.2, -0.15) is 0 Å². The fraction of sp³-hybridized carbons (Fsp3) is 0.353. The maximum atomic E-state index is 12.3. The number of hydrogen-bond donors (Lipinski definition) is 1. The number of aromatic nitrogens is 2. The van der Waals surface area contributed by atoms with Crippen molar-refractivity contribution in [3.63, 3.8) is 0 Å². The van der Waals surface area contributed by atoms with E-state index in [-0.39, 0.29) is 5.91 Å². The highest BCUT2D eigenvalue weighted by Gasteiger charge is 2.21. The van der Waals surface area contributed by atoms with Crippen LogP contribution in [0, 0.1) is 0 Å². The van der Waals surface area contributed by atoms with Crippen LogP contribution in [0.5, 0.6) is 0 Å². The summed E-state index contributed by atoms with van der Waals surface area (Å²) in [7, 11) is 8.43. The third kappa shape index (κ3) is 5.68. The summed E-state index contributed by atoms with van der Waals surface area (Å²) in [6, 6.07) is 26.0. The lowest BCUT2D eigenvalue weighted by Crippen LogP contribution is -2.48. The number of nitrogens with zero attached hydrogens (tertiary/aromatic N) is 4. The third-order valence-electron chi connectivity index (χ3n) is 7.80. The van der Waals surface area contributed by atoms with Gasteiger partial charge in [0, 0.05) is 49.2 Å². The molecule has 40 heavy (non-hydrogen) atoms. The van der Waals surface area contributed by atoms with Gasteiger partial charge < -0.3 is 19.3 Å². The molecule has 4 aromatic carbocycles. The molecule has 208 valence electrons. The van der Waals surface area contributed by atoms with Crippen LogP contribution in [0.4, 0.5) is 5.69 Å². The molecule has 0 aliphatic rings. The molecule has 1 heterocycles. The molecule has 6 nitrogen and oxygen atoms in total. The van der Waals surface area contributed by atoms with Gasteiger partial charge in [0.05, 0.1) is 31.7 Å². The summed E-state index contributed by atoms with van der Waals surface area (Å²) in [5, 5.41) is 7.95. The van der Waals surface area contributed by atoms with E-state index in [1.165, 1.54) is 32.7 Å². The Morgan fingerprint density at radius 2 is 1.50 bits per heavy atom. The van der Waals surface area contributed by atoms with E-state index in [9.17, 15) is 4.79 Å². The Morgan fingerprint density at radius 1 is 0.875 bits per heavy atom. The highest BCUT2D eigenvalue weighted by Crippen LogP contribution is 2.37. The molecule has 0 atom stereocenters. The summed E-state index contributed by atoms with van der Waals surface area (Å²) in [5.41, 5.74) is 4.56. The standard InChI is InChI=1S/C34H41N5O/c1-6-21-35-31(40)24-39(4,5)23-12-11-22-38-33-30-16-10-8-14-28(30)27-13-7-9-15-29(27)32(33)36-34(38)25-17-19-26(20-18-25)37(2)3/h7-10,13-20H,6,11-12,21-24H2,1-5H3/p+1. The number of imidazole rings is 1. The molecular formula is C34H42N5O+. The lowest BCUT2D eigenvalue weighted by molar-refractivity contribution is -0.882. The zero-order valence-corrected chi connectivity index (χ0v) is 24.6. The van der Waals surface area contributed by atoms with Crippen molar-refractivity contribution in [3.8, 4) is 11.4 Å². The van der Waals surface area contributed by atoms with Crippen molar-refractivity contribution in [3.05, 3.63) is 72.8 Å². The third-order valence-corrected chi connectivity index (χ3v) is 7.80. The Kier molecular flexibility index (Phi) is 8.08. The minimum atomic E-state index is 0.134. The number of carbonyl (C=O) groups excluding carboxylic acids is 1. The molecule has 0 saturated carbocycles. The summed E-state index contributed by atoms with van der Waals surface area (Å²) >= 11 is 0. The first kappa shape index (κ1) is 27.7. The number of aryl methyl sites for hydroxylation is 1. The van der Waals surface area contributed by atoms with Gasteiger partial charge in [0.15, 0.2) is 6.54 Å². The van der Waals surface area contributed by atoms with Crippen LogP contribution >= 0.6 is 0 Å². The van der Waals surface area contributed by atoms with Gasteiger partial charge in [0.25, 0.3) is 5.91 Å². The lowest BCUT2D eigenvalue weighted by atomic mass is 10.00. The molecule has 6 heteroatoms. The SMILES string of the molecule is CCCNC(=O)C[N+](C)(C)CCCCn1c(-c2ccc(N(C)C)cc2)nc2c3ccccc3c3ccccc3c21. The molecule has 0 aliphatic heterocycles. The van der Waals surface area contributed by atoms with Crippen molar-refractivity contribution in [2.24, 2.45) is 0 Å². The fourth-order valence-corrected chi connectivity index (χ4v) is 5.71. The first-order chi connectivity index (χ1) is 19.3. The Morgan fingerprint density at radius 3 is 2.15 bits per heavy atom. The van der Waals surface area contributed by atoms with Crippen LogP contribution in [0.15, 0.2) is 72.8 Å². The summed E-state index contributed by atoms with van der Waals surface area (Å²) in [4.78, 5) is 19.8. The average molecular weight is 537 g/mol. The van der Waals surface area contributed by atoms with Gasteiger partial charge in [-0.25, -0.2) is 4.98 Å². The number of rotatable bonds is 11. The predicted octanol–water partition coefficient (Wildman–Crippen LogP) is 6.46. The molecule has 0 aliphatic carbocycles. The van der Waals surface area contributed by atoms with Gasteiger partial charge in [-0.15, -0.1) is 0 Å². The van der Waals surface area contributed by atoms with Gasteiger partial charge in [0.2, 0.25) is 0 Å². The van der Waals surface area contributed by atoms with E-state index in [1.54, 1.807) is 0 Å². The highest BCUT2D eigenvalue weighted by molar-refractivity contribution is 6.23. The Hall–Kier alpha value is -3.90. The maximum Gasteiger partial charge on any atom is 0.275 e. The zero-order valence-electron chi connectivity index (χ0n) is 24.6. The number of quaternary nitrogens is 1. The van der Waals surface area contributed by atoms with Crippen molar-refractivity contribution in [2.45, 2.75) is 32.7 Å². The second-order valence-corrected chi connectivity index (χ2v) is 11.7. The normalized spacial score (nSPS) is 11.9. The largest absolute Gasteiger partial charge is 0.378 e. The minimum absolute atomic E-state index is 0.134. The molecule has 0 saturated heterocycles. The highest BCUT2D eigenvalue weighted by atomic mass is 16.2. The first-order valence-electron chi connectivity index (χ1n) is 14.4. The number of likely N-dealkylation sites (N-methyl/N-ethyl adjacent to an activating group) is 1. The molecule has 0 bridgehead atoms. The van der Waals surface area contributed by atoms with Crippen LogP contribution in [0.3, 0.4) is 0 Å². The lowest BCUT2D eigenvalue weighted by Gasteiger charge is -2.29. The molecule has 0 spiro atoms. The van der Waals surface area contributed by atoms with Crippen molar-refractivity contribution in [1.29, 1.82) is 0 Å². The molecule has 5 aromatic rings. The number of hydrogen-bond acceptors (Lipinski definition) is 3. The van der Waals surface area contributed by atoms with E-state index in [2.05, 4.69) is 123 Å². The number of benzene rings is 4. The minimum Gasteiger partial charge on any atom is -0.378 e. The number of nitrogens with one attached hydrogen (secondary N) is 1. The maximum absolute atomic E-state index is 12.3. The number of carbonyl (C=O) groups is 1. The molecule has 5 rings (SSSR count). The summed E-state index contributed by atoms with van der Waals surface area (Å²) < 4.78 is 3.12. The van der Waals surface area contributed by atoms with Crippen LogP contribution in [-0.2, 0) is 11.3 Å². The number of unbranched alkanes of at least 4 members (excludes halogenated alkanes) is 1. The molecule has 1 aromatic heterocycles. The Balaban J connectivity index is 1.52. The van der Waals surface area contributed by atoms with E-state index in [0.717, 1.165) is 55.8 Å². The van der Waals surface area contributed by atoms with E-state index >= 15 is 0 Å². The van der Waals surface area contributed by atoms with Crippen LogP contribution < -0.4 is 10.2 Å². The topological polar surface area (TPSA) is 50.2 Å². The van der Waals surface area contributed by atoms with E-state index in [0.29, 0.717) is 11.0 Å². The van der Waals surface area contributed by atoms with Crippen LogP contribution in [0.1, 0.15) is 26.2 Å². The van der Waals surface area contributed by atoms with Crippen molar-refractivity contribution in [2.75, 3.05) is 52.7 Å². The first-order valence-corrected chi connectivity index (χ1v) is 14.4. The average Bonchev–Trinajstić information content (AvgIpc) is 3.34. The van der Waals surface area contributed by atoms with Gasteiger partial charge in [0.1, 0.15) is 5.82 Å². The van der Waals surface area contributed by atoms with Gasteiger partial charge in [-0.05, 0) is 54.3 Å². The van der Waals surface area contributed by atoms with E-state index in [4.69, 9.17) is 4.98 Å². The number of fused-ring (bicyclic) bond motifs is 6. The number of amides is 1. The van der Waals surface area contributed by atoms with Crippen molar-refractivity contribution >= 4 is 44.2 Å². The molecule has 1 amide bonds. The summed E-state index contributed by atoms with van der Waals surface area (Å²) in [6.07, 6.45) is 2.99. The second-order valence-electron chi connectivity index (χ2n) is 11.7. The van der Waals surface area contributed by atoms with Crippen molar-refractivity contribution < 1.29 is 9.28 Å². The van der Waals surface area contributed by atoms with Crippen LogP contribution in [0.25, 0.3) is 44.0 Å². The Labute approximate surface area is 237 Å². The molecule has 0 radical (unpaired) electrons. The van der Waals surface area contributed by atoms with Gasteiger partial charge >= 0.3 is 0 Å². The molecule has 1 N–H and O–H groups in total.